The van der Waals surface area contributed by atoms with Gasteiger partial charge in [0.2, 0.25) is 0 Å². The molecule has 2 aliphatic rings. The van der Waals surface area contributed by atoms with E-state index in [0.29, 0.717) is 5.54 Å². The van der Waals surface area contributed by atoms with Gasteiger partial charge in [0.25, 0.3) is 0 Å². The number of rotatable bonds is 1. The summed E-state index contributed by atoms with van der Waals surface area (Å²) in [6, 6.07) is 6.93. The van der Waals surface area contributed by atoms with Crippen molar-refractivity contribution in [1.82, 2.24) is 5.32 Å². The Bertz CT molecular complexity index is 447. The van der Waals surface area contributed by atoms with Gasteiger partial charge in [-0.1, -0.05) is 18.9 Å². The minimum atomic E-state index is 0.398. The molecule has 1 spiro atoms. The van der Waals surface area contributed by atoms with Crippen LogP contribution < -0.4 is 10.2 Å². The average Bonchev–Trinajstić information content (AvgIpc) is 2.74. The molecule has 1 aromatic rings. The van der Waals surface area contributed by atoms with E-state index in [1.54, 1.807) is 0 Å². The summed E-state index contributed by atoms with van der Waals surface area (Å²) in [4.78, 5) is 2.61. The number of hydrogen-bond donors (Lipinski definition) is 1. The topological polar surface area (TPSA) is 15.3 Å². The van der Waals surface area contributed by atoms with Gasteiger partial charge in [0.15, 0.2) is 0 Å². The van der Waals surface area contributed by atoms with Crippen LogP contribution in [-0.4, -0.2) is 25.2 Å². The standard InChI is InChI=1S/C17H26N2/c1-14-6-7-16(12-15(14)2)19-11-5-10-18-17(13-19)8-3-4-9-17/h6-7,12,18H,3-5,8-11,13H2,1-2H3. The average molecular weight is 258 g/mol. The highest BCUT2D eigenvalue weighted by Gasteiger charge is 2.36. The predicted molar refractivity (Wildman–Crippen MR) is 81.9 cm³/mol. The van der Waals surface area contributed by atoms with Crippen LogP contribution >= 0.6 is 0 Å². The van der Waals surface area contributed by atoms with Gasteiger partial charge in [0.1, 0.15) is 0 Å². The largest absolute Gasteiger partial charge is 0.370 e. The molecule has 104 valence electrons. The monoisotopic (exact) mass is 258 g/mol. The Labute approximate surface area is 117 Å². The second-order valence-electron chi connectivity index (χ2n) is 6.46. The molecule has 1 aliphatic heterocycles. The molecular formula is C17H26N2. The number of anilines is 1. The van der Waals surface area contributed by atoms with Gasteiger partial charge in [-0.2, -0.15) is 0 Å². The molecule has 1 saturated carbocycles. The van der Waals surface area contributed by atoms with E-state index in [2.05, 4.69) is 42.3 Å². The van der Waals surface area contributed by atoms with E-state index in [4.69, 9.17) is 0 Å². The highest BCUT2D eigenvalue weighted by atomic mass is 15.2. The third kappa shape index (κ3) is 2.64. The number of hydrogen-bond acceptors (Lipinski definition) is 2. The smallest absolute Gasteiger partial charge is 0.0369 e. The van der Waals surface area contributed by atoms with Crippen molar-refractivity contribution >= 4 is 5.69 Å². The molecule has 1 heterocycles. The first-order chi connectivity index (χ1) is 9.19. The van der Waals surface area contributed by atoms with Gasteiger partial charge < -0.3 is 10.2 Å². The summed E-state index contributed by atoms with van der Waals surface area (Å²) in [7, 11) is 0. The van der Waals surface area contributed by atoms with E-state index >= 15 is 0 Å². The lowest BCUT2D eigenvalue weighted by molar-refractivity contribution is 0.354. The summed E-state index contributed by atoms with van der Waals surface area (Å²) in [6.45, 7) is 7.98. The van der Waals surface area contributed by atoms with Crippen molar-refractivity contribution in [2.75, 3.05) is 24.5 Å². The van der Waals surface area contributed by atoms with Gasteiger partial charge in [0.05, 0.1) is 0 Å². The van der Waals surface area contributed by atoms with Gasteiger partial charge in [-0.05, 0) is 62.9 Å². The van der Waals surface area contributed by atoms with Crippen LogP contribution in [0.2, 0.25) is 0 Å². The van der Waals surface area contributed by atoms with E-state index in [-0.39, 0.29) is 0 Å². The predicted octanol–water partition coefficient (Wildman–Crippen LogP) is 3.42. The van der Waals surface area contributed by atoms with Gasteiger partial charge >= 0.3 is 0 Å². The lowest BCUT2D eigenvalue weighted by Gasteiger charge is -2.34. The molecule has 3 rings (SSSR count). The van der Waals surface area contributed by atoms with Gasteiger partial charge in [-0.15, -0.1) is 0 Å². The fraction of sp³-hybridized carbons (Fsp3) is 0.647. The van der Waals surface area contributed by atoms with Crippen LogP contribution in [0.3, 0.4) is 0 Å². The van der Waals surface area contributed by atoms with E-state index in [1.807, 2.05) is 0 Å². The molecule has 0 aromatic heterocycles. The van der Waals surface area contributed by atoms with E-state index in [9.17, 15) is 0 Å². The molecule has 0 radical (unpaired) electrons. The molecule has 2 nitrogen and oxygen atoms in total. The number of benzene rings is 1. The van der Waals surface area contributed by atoms with Gasteiger partial charge in [-0.25, -0.2) is 0 Å². The fourth-order valence-electron chi connectivity index (χ4n) is 3.65. The zero-order chi connectivity index (χ0) is 13.3. The SMILES string of the molecule is Cc1ccc(N2CCCNC3(CCCC3)C2)cc1C. The summed E-state index contributed by atoms with van der Waals surface area (Å²) in [5.74, 6) is 0. The van der Waals surface area contributed by atoms with E-state index < -0.39 is 0 Å². The highest BCUT2D eigenvalue weighted by Crippen LogP contribution is 2.33. The number of nitrogens with one attached hydrogen (secondary N) is 1. The highest BCUT2D eigenvalue weighted by molar-refractivity contribution is 5.51. The summed E-state index contributed by atoms with van der Waals surface area (Å²) in [5.41, 5.74) is 4.62. The molecular weight excluding hydrogens is 232 g/mol. The molecule has 1 N–H and O–H groups in total. The van der Waals surface area contributed by atoms with Crippen molar-refractivity contribution in [2.24, 2.45) is 0 Å². The third-order valence-corrected chi connectivity index (χ3v) is 5.01. The van der Waals surface area contributed by atoms with Crippen LogP contribution in [0.1, 0.15) is 43.2 Å². The maximum Gasteiger partial charge on any atom is 0.0369 e. The van der Waals surface area contributed by atoms with Crippen LogP contribution in [0.5, 0.6) is 0 Å². The van der Waals surface area contributed by atoms with Crippen LogP contribution in [0.15, 0.2) is 18.2 Å². The van der Waals surface area contributed by atoms with E-state index in [1.165, 1.54) is 68.6 Å². The third-order valence-electron chi connectivity index (χ3n) is 5.01. The molecule has 19 heavy (non-hydrogen) atoms. The molecule has 0 amide bonds. The van der Waals surface area contributed by atoms with Crippen molar-refractivity contribution in [3.8, 4) is 0 Å². The molecule has 2 fully saturated rings. The molecule has 0 bridgehead atoms. The first-order valence-electron chi connectivity index (χ1n) is 7.76. The molecule has 0 unspecified atom stereocenters. The van der Waals surface area contributed by atoms with Crippen LogP contribution in [0.4, 0.5) is 5.69 Å². The lowest BCUT2D eigenvalue weighted by Crippen LogP contribution is -2.49. The zero-order valence-electron chi connectivity index (χ0n) is 12.3. The Morgan fingerprint density at radius 2 is 1.84 bits per heavy atom. The number of aryl methyl sites for hydroxylation is 2. The second-order valence-corrected chi connectivity index (χ2v) is 6.46. The Hall–Kier alpha value is -1.02. The molecule has 1 aromatic carbocycles. The quantitative estimate of drug-likeness (QED) is 0.830. The summed E-state index contributed by atoms with van der Waals surface area (Å²) < 4.78 is 0. The fourth-order valence-corrected chi connectivity index (χ4v) is 3.65. The second kappa shape index (κ2) is 5.16. The number of nitrogens with zero attached hydrogens (tertiary/aromatic N) is 1. The van der Waals surface area contributed by atoms with Crippen molar-refractivity contribution in [1.29, 1.82) is 0 Å². The van der Waals surface area contributed by atoms with E-state index in [0.717, 1.165) is 0 Å². The van der Waals surface area contributed by atoms with Crippen molar-refractivity contribution in [3.63, 3.8) is 0 Å². The van der Waals surface area contributed by atoms with Crippen LogP contribution in [0, 0.1) is 13.8 Å². The summed E-state index contributed by atoms with van der Waals surface area (Å²) in [6.07, 6.45) is 6.76. The normalized spacial score (nSPS) is 22.7. The van der Waals surface area contributed by atoms with Crippen LogP contribution in [0.25, 0.3) is 0 Å². The van der Waals surface area contributed by atoms with Gasteiger partial charge in [0, 0.05) is 24.3 Å². The first-order valence-corrected chi connectivity index (χ1v) is 7.76. The Morgan fingerprint density at radius 1 is 1.05 bits per heavy atom. The first kappa shape index (κ1) is 13.0. The summed E-state index contributed by atoms with van der Waals surface area (Å²) in [5, 5.41) is 3.84. The maximum absolute atomic E-state index is 3.84. The summed E-state index contributed by atoms with van der Waals surface area (Å²) >= 11 is 0. The Morgan fingerprint density at radius 3 is 2.58 bits per heavy atom. The molecule has 2 heteroatoms. The minimum Gasteiger partial charge on any atom is -0.370 e. The van der Waals surface area contributed by atoms with Crippen molar-refractivity contribution in [2.45, 2.75) is 51.5 Å². The Kier molecular flexibility index (Phi) is 3.53. The molecule has 1 saturated heterocycles. The van der Waals surface area contributed by atoms with Gasteiger partial charge in [-0.3, -0.25) is 0 Å². The van der Waals surface area contributed by atoms with Crippen LogP contribution in [-0.2, 0) is 0 Å². The maximum atomic E-state index is 3.84. The zero-order valence-corrected chi connectivity index (χ0v) is 12.3. The Balaban J connectivity index is 1.84. The minimum absolute atomic E-state index is 0.398. The lowest BCUT2D eigenvalue weighted by atomic mass is 9.96. The van der Waals surface area contributed by atoms with Crippen molar-refractivity contribution < 1.29 is 0 Å². The van der Waals surface area contributed by atoms with Crippen molar-refractivity contribution in [3.05, 3.63) is 29.3 Å². The molecule has 0 atom stereocenters. The molecule has 1 aliphatic carbocycles.